The first kappa shape index (κ1) is 15.0. The zero-order valence-corrected chi connectivity index (χ0v) is 13.2. The lowest BCUT2D eigenvalue weighted by Gasteiger charge is -2.24. The molecule has 2 rings (SSSR count). The van der Waals surface area contributed by atoms with Crippen LogP contribution < -0.4 is 10.6 Å². The molecule has 0 aromatic heterocycles. The molecule has 2 aromatic carbocycles. The molecule has 0 aliphatic heterocycles. The SMILES string of the molecule is CC(N)Cc1ccc(Br)cc1N(C)c1cccc(F)c1. The molecule has 1 atom stereocenters. The topological polar surface area (TPSA) is 29.3 Å². The van der Waals surface area contributed by atoms with Crippen LogP contribution in [0.1, 0.15) is 12.5 Å². The van der Waals surface area contributed by atoms with Crippen molar-refractivity contribution in [1.29, 1.82) is 0 Å². The number of nitrogens with two attached hydrogens (primary N) is 1. The molecule has 2 N–H and O–H groups in total. The third-order valence-corrected chi connectivity index (χ3v) is 3.64. The van der Waals surface area contributed by atoms with Gasteiger partial charge in [-0.15, -0.1) is 0 Å². The quantitative estimate of drug-likeness (QED) is 0.904. The lowest BCUT2D eigenvalue weighted by atomic mass is 10.0. The van der Waals surface area contributed by atoms with Crippen molar-refractivity contribution in [2.45, 2.75) is 19.4 Å². The van der Waals surface area contributed by atoms with Gasteiger partial charge < -0.3 is 10.6 Å². The maximum Gasteiger partial charge on any atom is 0.125 e. The van der Waals surface area contributed by atoms with Crippen LogP contribution in [0, 0.1) is 5.82 Å². The van der Waals surface area contributed by atoms with Crippen molar-refractivity contribution < 1.29 is 4.39 Å². The Morgan fingerprint density at radius 3 is 2.65 bits per heavy atom. The standard InChI is InChI=1S/C16H18BrFN2/c1-11(19)8-12-6-7-13(17)9-16(12)20(2)15-5-3-4-14(18)10-15/h3-7,9-11H,8,19H2,1-2H3. The van der Waals surface area contributed by atoms with Gasteiger partial charge in [0, 0.05) is 28.9 Å². The van der Waals surface area contributed by atoms with E-state index in [2.05, 4.69) is 22.0 Å². The van der Waals surface area contributed by atoms with Crippen LogP contribution in [0.15, 0.2) is 46.9 Å². The van der Waals surface area contributed by atoms with Gasteiger partial charge in [0.05, 0.1) is 0 Å². The van der Waals surface area contributed by atoms with E-state index in [1.807, 2.05) is 37.1 Å². The van der Waals surface area contributed by atoms with E-state index >= 15 is 0 Å². The Kier molecular flexibility index (Phi) is 4.78. The van der Waals surface area contributed by atoms with E-state index in [9.17, 15) is 4.39 Å². The summed E-state index contributed by atoms with van der Waals surface area (Å²) in [6, 6.07) is 12.7. The van der Waals surface area contributed by atoms with Gasteiger partial charge >= 0.3 is 0 Å². The summed E-state index contributed by atoms with van der Waals surface area (Å²) in [5.41, 5.74) is 8.90. The highest BCUT2D eigenvalue weighted by molar-refractivity contribution is 9.10. The molecule has 0 saturated carbocycles. The number of nitrogens with zero attached hydrogens (tertiary/aromatic N) is 1. The first-order valence-corrected chi connectivity index (χ1v) is 7.30. The number of hydrogen-bond acceptors (Lipinski definition) is 2. The first-order chi connectivity index (χ1) is 9.47. The molecule has 2 nitrogen and oxygen atoms in total. The van der Waals surface area contributed by atoms with E-state index in [1.165, 1.54) is 12.1 Å². The summed E-state index contributed by atoms with van der Waals surface area (Å²) in [6.45, 7) is 1.98. The molecule has 0 amide bonds. The Balaban J connectivity index is 2.42. The van der Waals surface area contributed by atoms with Crippen LogP contribution in [0.25, 0.3) is 0 Å². The Morgan fingerprint density at radius 2 is 2.00 bits per heavy atom. The molecule has 0 aliphatic rings. The molecule has 0 heterocycles. The lowest BCUT2D eigenvalue weighted by Crippen LogP contribution is -2.20. The molecule has 0 fully saturated rings. The van der Waals surface area contributed by atoms with Crippen molar-refractivity contribution >= 4 is 27.3 Å². The van der Waals surface area contributed by atoms with Crippen molar-refractivity contribution in [3.8, 4) is 0 Å². The van der Waals surface area contributed by atoms with Crippen LogP contribution >= 0.6 is 15.9 Å². The Hall–Kier alpha value is -1.39. The van der Waals surface area contributed by atoms with Crippen LogP contribution in [0.3, 0.4) is 0 Å². The van der Waals surface area contributed by atoms with Crippen LogP contribution in [-0.2, 0) is 6.42 Å². The van der Waals surface area contributed by atoms with Crippen molar-refractivity contribution in [3.05, 3.63) is 58.3 Å². The normalized spacial score (nSPS) is 12.2. The largest absolute Gasteiger partial charge is 0.344 e. The number of halogens is 2. The van der Waals surface area contributed by atoms with Crippen LogP contribution in [0.5, 0.6) is 0 Å². The van der Waals surface area contributed by atoms with Crippen LogP contribution in [0.4, 0.5) is 15.8 Å². The van der Waals surface area contributed by atoms with Gasteiger partial charge in [0.2, 0.25) is 0 Å². The Morgan fingerprint density at radius 1 is 1.25 bits per heavy atom. The summed E-state index contributed by atoms with van der Waals surface area (Å²) < 4.78 is 14.4. The zero-order valence-electron chi connectivity index (χ0n) is 11.6. The molecule has 0 bridgehead atoms. The maximum atomic E-state index is 13.4. The second kappa shape index (κ2) is 6.37. The average Bonchev–Trinajstić information content (AvgIpc) is 2.39. The number of hydrogen-bond donors (Lipinski definition) is 1. The van der Waals surface area contributed by atoms with Gasteiger partial charge in [-0.3, -0.25) is 0 Å². The van der Waals surface area contributed by atoms with Gasteiger partial charge in [-0.25, -0.2) is 4.39 Å². The van der Waals surface area contributed by atoms with Crippen molar-refractivity contribution in [2.75, 3.05) is 11.9 Å². The van der Waals surface area contributed by atoms with E-state index in [0.29, 0.717) is 0 Å². The van der Waals surface area contributed by atoms with Crippen LogP contribution in [0.2, 0.25) is 0 Å². The molecular weight excluding hydrogens is 319 g/mol. The minimum Gasteiger partial charge on any atom is -0.344 e. The van der Waals surface area contributed by atoms with Gasteiger partial charge in [0.1, 0.15) is 5.82 Å². The molecule has 0 saturated heterocycles. The van der Waals surface area contributed by atoms with E-state index in [0.717, 1.165) is 27.8 Å². The Labute approximate surface area is 127 Å². The van der Waals surface area contributed by atoms with Gasteiger partial charge in [-0.05, 0) is 49.2 Å². The molecule has 4 heteroatoms. The number of benzene rings is 2. The predicted octanol–water partition coefficient (Wildman–Crippen LogP) is 4.25. The second-order valence-electron chi connectivity index (χ2n) is 4.99. The Bertz CT molecular complexity index is 599. The molecular formula is C16H18BrFN2. The molecule has 0 radical (unpaired) electrons. The summed E-state index contributed by atoms with van der Waals surface area (Å²) in [4.78, 5) is 1.98. The third-order valence-electron chi connectivity index (χ3n) is 3.15. The average molecular weight is 337 g/mol. The van der Waals surface area contributed by atoms with Crippen LogP contribution in [-0.4, -0.2) is 13.1 Å². The molecule has 20 heavy (non-hydrogen) atoms. The summed E-state index contributed by atoms with van der Waals surface area (Å²) in [7, 11) is 1.93. The van der Waals surface area contributed by atoms with Crippen molar-refractivity contribution in [1.82, 2.24) is 0 Å². The van der Waals surface area contributed by atoms with E-state index < -0.39 is 0 Å². The van der Waals surface area contributed by atoms with E-state index in [4.69, 9.17) is 5.73 Å². The van der Waals surface area contributed by atoms with Gasteiger partial charge in [0.15, 0.2) is 0 Å². The molecule has 106 valence electrons. The number of anilines is 2. The predicted molar refractivity (Wildman–Crippen MR) is 86.0 cm³/mol. The summed E-state index contributed by atoms with van der Waals surface area (Å²) >= 11 is 3.49. The van der Waals surface area contributed by atoms with Gasteiger partial charge in [-0.2, -0.15) is 0 Å². The smallest absolute Gasteiger partial charge is 0.125 e. The van der Waals surface area contributed by atoms with Gasteiger partial charge in [0.25, 0.3) is 0 Å². The highest BCUT2D eigenvalue weighted by Gasteiger charge is 2.12. The fraction of sp³-hybridized carbons (Fsp3) is 0.250. The molecule has 2 aromatic rings. The monoisotopic (exact) mass is 336 g/mol. The number of rotatable bonds is 4. The van der Waals surface area contributed by atoms with Crippen molar-refractivity contribution in [2.24, 2.45) is 5.73 Å². The molecule has 1 unspecified atom stereocenters. The maximum absolute atomic E-state index is 13.4. The van der Waals surface area contributed by atoms with Gasteiger partial charge in [-0.1, -0.05) is 28.1 Å². The molecule has 0 aliphatic carbocycles. The summed E-state index contributed by atoms with van der Waals surface area (Å²) in [6.07, 6.45) is 0.780. The second-order valence-corrected chi connectivity index (χ2v) is 5.91. The van der Waals surface area contributed by atoms with Crippen molar-refractivity contribution in [3.63, 3.8) is 0 Å². The minimum absolute atomic E-state index is 0.0795. The third kappa shape index (κ3) is 3.58. The highest BCUT2D eigenvalue weighted by Crippen LogP contribution is 2.30. The first-order valence-electron chi connectivity index (χ1n) is 6.50. The lowest BCUT2D eigenvalue weighted by molar-refractivity contribution is 0.628. The van der Waals surface area contributed by atoms with E-state index in [-0.39, 0.29) is 11.9 Å². The van der Waals surface area contributed by atoms with E-state index in [1.54, 1.807) is 6.07 Å². The summed E-state index contributed by atoms with van der Waals surface area (Å²) in [5, 5.41) is 0. The highest BCUT2D eigenvalue weighted by atomic mass is 79.9. The molecule has 0 spiro atoms. The minimum atomic E-state index is -0.238. The zero-order chi connectivity index (χ0) is 14.7. The fourth-order valence-electron chi connectivity index (χ4n) is 2.19. The summed E-state index contributed by atoms with van der Waals surface area (Å²) in [5.74, 6) is -0.238. The fourth-order valence-corrected chi connectivity index (χ4v) is 2.54.